The Balaban J connectivity index is 1.81. The zero-order valence-corrected chi connectivity index (χ0v) is 11.8. The lowest BCUT2D eigenvalue weighted by molar-refractivity contribution is 0.323. The number of hydrogen-bond acceptors (Lipinski definition) is 0. The normalized spacial score (nSPS) is 33.0. The number of benzene rings is 1. The third kappa shape index (κ3) is 2.20. The zero-order valence-electron chi connectivity index (χ0n) is 9.50. The summed E-state index contributed by atoms with van der Waals surface area (Å²) in [6.45, 7) is 0. The molecule has 0 heterocycles. The maximum atomic E-state index is 6.63. The summed E-state index contributed by atoms with van der Waals surface area (Å²) in [7, 11) is 0. The number of halogens is 3. The summed E-state index contributed by atoms with van der Waals surface area (Å²) in [6, 6.07) is 5.78. The maximum absolute atomic E-state index is 6.63. The molecule has 0 saturated heterocycles. The van der Waals surface area contributed by atoms with E-state index in [1.165, 1.54) is 25.7 Å². The van der Waals surface area contributed by atoms with Crippen LogP contribution in [0.3, 0.4) is 0 Å². The molecule has 2 aliphatic rings. The van der Waals surface area contributed by atoms with Gasteiger partial charge in [0.25, 0.3) is 0 Å². The molecule has 4 atom stereocenters. The molecule has 3 rings (SSSR count). The topological polar surface area (TPSA) is 0 Å². The van der Waals surface area contributed by atoms with Gasteiger partial charge in [0, 0.05) is 0 Å². The Labute approximate surface area is 117 Å². The summed E-state index contributed by atoms with van der Waals surface area (Å²) in [5.41, 5.74) is 1.12. The van der Waals surface area contributed by atoms with Crippen LogP contribution < -0.4 is 0 Å². The lowest BCUT2D eigenvalue weighted by Crippen LogP contribution is -2.15. The van der Waals surface area contributed by atoms with Gasteiger partial charge in [-0.05, 0) is 54.7 Å². The van der Waals surface area contributed by atoms with Gasteiger partial charge in [-0.2, -0.15) is 0 Å². The fourth-order valence-corrected chi connectivity index (χ4v) is 4.33. The summed E-state index contributed by atoms with van der Waals surface area (Å²) in [5, 5.41) is 1.31. The molecule has 0 N–H and O–H groups in total. The van der Waals surface area contributed by atoms with Crippen molar-refractivity contribution in [3.8, 4) is 0 Å². The van der Waals surface area contributed by atoms with E-state index in [0.717, 1.165) is 17.4 Å². The minimum atomic E-state index is 0.0973. The standard InChI is InChI=1S/C14H15Cl3/c15-12-4-3-10(7-13(12)16)14(17)11-6-8-1-2-9(11)5-8/h3-4,7-9,11,14H,1-2,5-6H2. The van der Waals surface area contributed by atoms with Gasteiger partial charge in [-0.3, -0.25) is 0 Å². The molecular formula is C14H15Cl3. The predicted octanol–water partition coefficient (Wildman–Crippen LogP) is 5.71. The van der Waals surface area contributed by atoms with Crippen LogP contribution in [0.25, 0.3) is 0 Å². The van der Waals surface area contributed by atoms with Gasteiger partial charge >= 0.3 is 0 Å². The Hall–Kier alpha value is 0.0900. The van der Waals surface area contributed by atoms with Gasteiger partial charge in [-0.15, -0.1) is 11.6 Å². The van der Waals surface area contributed by atoms with Gasteiger partial charge in [-0.1, -0.05) is 35.7 Å². The molecule has 2 saturated carbocycles. The van der Waals surface area contributed by atoms with E-state index in [1.54, 1.807) is 0 Å². The first-order valence-corrected chi connectivity index (χ1v) is 7.43. The van der Waals surface area contributed by atoms with Crippen molar-refractivity contribution < 1.29 is 0 Å². The quantitative estimate of drug-likeness (QED) is 0.612. The first-order chi connectivity index (χ1) is 8.15. The van der Waals surface area contributed by atoms with Crippen LogP contribution >= 0.6 is 34.8 Å². The van der Waals surface area contributed by atoms with Crippen LogP contribution in [0, 0.1) is 17.8 Å². The van der Waals surface area contributed by atoms with Crippen LogP contribution in [0.5, 0.6) is 0 Å². The summed E-state index contributed by atoms with van der Waals surface area (Å²) in [4.78, 5) is 0. The Morgan fingerprint density at radius 1 is 1.06 bits per heavy atom. The molecule has 2 fully saturated rings. The molecule has 17 heavy (non-hydrogen) atoms. The molecule has 1 aromatic carbocycles. The highest BCUT2D eigenvalue weighted by Gasteiger charge is 2.42. The third-order valence-corrected chi connectivity index (χ3v) is 5.75. The van der Waals surface area contributed by atoms with Gasteiger partial charge in [0.1, 0.15) is 0 Å². The van der Waals surface area contributed by atoms with Crippen LogP contribution in [-0.4, -0.2) is 0 Å². The van der Waals surface area contributed by atoms with E-state index >= 15 is 0 Å². The average molecular weight is 290 g/mol. The van der Waals surface area contributed by atoms with Gasteiger partial charge in [0.15, 0.2) is 0 Å². The second-order valence-electron chi connectivity index (χ2n) is 5.41. The van der Waals surface area contributed by atoms with Crippen molar-refractivity contribution in [3.63, 3.8) is 0 Å². The molecule has 2 aliphatic carbocycles. The van der Waals surface area contributed by atoms with Crippen molar-refractivity contribution in [1.82, 2.24) is 0 Å². The minimum Gasteiger partial charge on any atom is -0.118 e. The van der Waals surface area contributed by atoms with E-state index in [9.17, 15) is 0 Å². The van der Waals surface area contributed by atoms with E-state index in [4.69, 9.17) is 34.8 Å². The number of alkyl halides is 1. The van der Waals surface area contributed by atoms with E-state index in [-0.39, 0.29) is 5.38 Å². The van der Waals surface area contributed by atoms with Crippen LogP contribution in [0.1, 0.15) is 36.6 Å². The van der Waals surface area contributed by atoms with Crippen molar-refractivity contribution in [1.29, 1.82) is 0 Å². The van der Waals surface area contributed by atoms with Gasteiger partial charge in [-0.25, -0.2) is 0 Å². The first-order valence-electron chi connectivity index (χ1n) is 6.24. The molecule has 0 aromatic heterocycles. The zero-order chi connectivity index (χ0) is 12.0. The average Bonchev–Trinajstić information content (AvgIpc) is 2.93. The Morgan fingerprint density at radius 2 is 1.88 bits per heavy atom. The predicted molar refractivity (Wildman–Crippen MR) is 74.0 cm³/mol. The first kappa shape index (κ1) is 12.1. The van der Waals surface area contributed by atoms with Crippen LogP contribution in [-0.2, 0) is 0 Å². The lowest BCUT2D eigenvalue weighted by Gasteiger charge is -2.26. The molecule has 2 bridgehead atoms. The summed E-state index contributed by atoms with van der Waals surface area (Å²) < 4.78 is 0. The maximum Gasteiger partial charge on any atom is 0.0616 e. The fraction of sp³-hybridized carbons (Fsp3) is 0.571. The second kappa shape index (κ2) is 4.64. The third-order valence-electron chi connectivity index (χ3n) is 4.43. The number of rotatable bonds is 2. The lowest BCUT2D eigenvalue weighted by atomic mass is 9.84. The molecule has 0 radical (unpaired) electrons. The Bertz CT molecular complexity index is 429. The van der Waals surface area contributed by atoms with E-state index in [0.29, 0.717) is 16.0 Å². The van der Waals surface area contributed by atoms with Crippen LogP contribution in [0.2, 0.25) is 10.0 Å². The molecule has 0 amide bonds. The van der Waals surface area contributed by atoms with E-state index < -0.39 is 0 Å². The van der Waals surface area contributed by atoms with Crippen molar-refractivity contribution in [2.45, 2.75) is 31.1 Å². The number of hydrogen-bond donors (Lipinski definition) is 0. The van der Waals surface area contributed by atoms with Crippen molar-refractivity contribution >= 4 is 34.8 Å². The van der Waals surface area contributed by atoms with Crippen LogP contribution in [0.4, 0.5) is 0 Å². The van der Waals surface area contributed by atoms with Crippen molar-refractivity contribution in [3.05, 3.63) is 33.8 Å². The SMILES string of the molecule is Clc1ccc(C(Cl)C2CC3CCC2C3)cc1Cl. The second-order valence-corrected chi connectivity index (χ2v) is 6.70. The highest BCUT2D eigenvalue weighted by atomic mass is 35.5. The molecule has 3 heteroatoms. The highest BCUT2D eigenvalue weighted by molar-refractivity contribution is 6.42. The monoisotopic (exact) mass is 288 g/mol. The minimum absolute atomic E-state index is 0.0973. The van der Waals surface area contributed by atoms with Gasteiger partial charge in [0.05, 0.1) is 15.4 Å². The molecular weight excluding hydrogens is 275 g/mol. The molecule has 92 valence electrons. The summed E-state index contributed by atoms with van der Waals surface area (Å²) in [5.74, 6) is 2.39. The van der Waals surface area contributed by atoms with Crippen molar-refractivity contribution in [2.24, 2.45) is 17.8 Å². The Morgan fingerprint density at radius 3 is 2.47 bits per heavy atom. The molecule has 0 spiro atoms. The summed E-state index contributed by atoms with van der Waals surface area (Å²) in [6.07, 6.45) is 5.44. The molecule has 4 unspecified atom stereocenters. The summed E-state index contributed by atoms with van der Waals surface area (Å²) >= 11 is 18.6. The van der Waals surface area contributed by atoms with Crippen molar-refractivity contribution in [2.75, 3.05) is 0 Å². The van der Waals surface area contributed by atoms with E-state index in [1.807, 2.05) is 18.2 Å². The van der Waals surface area contributed by atoms with Gasteiger partial charge in [0.2, 0.25) is 0 Å². The fourth-order valence-electron chi connectivity index (χ4n) is 3.58. The Kier molecular flexibility index (Phi) is 3.32. The highest BCUT2D eigenvalue weighted by Crippen LogP contribution is 2.54. The molecule has 0 aliphatic heterocycles. The molecule has 0 nitrogen and oxygen atoms in total. The van der Waals surface area contributed by atoms with Crippen LogP contribution in [0.15, 0.2) is 18.2 Å². The smallest absolute Gasteiger partial charge is 0.0616 e. The van der Waals surface area contributed by atoms with E-state index in [2.05, 4.69) is 0 Å². The van der Waals surface area contributed by atoms with Gasteiger partial charge < -0.3 is 0 Å². The molecule has 1 aromatic rings. The number of fused-ring (bicyclic) bond motifs is 2. The largest absolute Gasteiger partial charge is 0.118 e.